The van der Waals surface area contributed by atoms with Gasteiger partial charge in [-0.25, -0.2) is 0 Å². The predicted molar refractivity (Wildman–Crippen MR) is 66.2 cm³/mol. The molecule has 0 spiro atoms. The van der Waals surface area contributed by atoms with Crippen LogP contribution in [0.2, 0.25) is 10.3 Å². The Kier molecular flexibility index (Phi) is 4.21. The van der Waals surface area contributed by atoms with E-state index in [4.69, 9.17) is 23.2 Å². The third-order valence-electron chi connectivity index (χ3n) is 2.69. The van der Waals surface area contributed by atoms with E-state index in [1.807, 2.05) is 0 Å². The number of rotatable bonds is 4. The molecule has 1 saturated heterocycles. The van der Waals surface area contributed by atoms with Crippen molar-refractivity contribution in [2.75, 3.05) is 18.4 Å². The SMILES string of the molecule is Clc1cc(NCCC2CCCN2)c(Cl)nn1. The van der Waals surface area contributed by atoms with Crippen LogP contribution < -0.4 is 10.6 Å². The fourth-order valence-corrected chi connectivity index (χ4v) is 2.17. The highest BCUT2D eigenvalue weighted by Gasteiger charge is 2.13. The van der Waals surface area contributed by atoms with E-state index in [9.17, 15) is 0 Å². The fraction of sp³-hybridized carbons (Fsp3) is 0.600. The molecule has 1 unspecified atom stereocenters. The van der Waals surface area contributed by atoms with Crippen molar-refractivity contribution in [2.24, 2.45) is 0 Å². The van der Waals surface area contributed by atoms with Crippen LogP contribution in [0, 0.1) is 0 Å². The van der Waals surface area contributed by atoms with Crippen molar-refractivity contribution < 1.29 is 0 Å². The Balaban J connectivity index is 1.82. The first-order valence-electron chi connectivity index (χ1n) is 5.41. The summed E-state index contributed by atoms with van der Waals surface area (Å²) in [6.07, 6.45) is 3.61. The van der Waals surface area contributed by atoms with Gasteiger partial charge in [-0.05, 0) is 25.8 Å². The van der Waals surface area contributed by atoms with Gasteiger partial charge in [0.15, 0.2) is 10.3 Å². The van der Waals surface area contributed by atoms with E-state index in [0.29, 0.717) is 16.3 Å². The van der Waals surface area contributed by atoms with Crippen molar-refractivity contribution in [3.05, 3.63) is 16.4 Å². The highest BCUT2D eigenvalue weighted by Crippen LogP contribution is 2.21. The van der Waals surface area contributed by atoms with Crippen LogP contribution >= 0.6 is 23.2 Å². The summed E-state index contributed by atoms with van der Waals surface area (Å²) in [7, 11) is 0. The summed E-state index contributed by atoms with van der Waals surface area (Å²) in [5.74, 6) is 0. The van der Waals surface area contributed by atoms with Crippen molar-refractivity contribution in [3.63, 3.8) is 0 Å². The van der Waals surface area contributed by atoms with Crippen molar-refractivity contribution >= 4 is 28.9 Å². The van der Waals surface area contributed by atoms with Gasteiger partial charge >= 0.3 is 0 Å². The Bertz CT molecular complexity index is 353. The molecule has 0 bridgehead atoms. The molecule has 0 saturated carbocycles. The molecule has 2 N–H and O–H groups in total. The van der Waals surface area contributed by atoms with Crippen molar-refractivity contribution in [3.8, 4) is 0 Å². The van der Waals surface area contributed by atoms with Crippen LogP contribution in [0.5, 0.6) is 0 Å². The lowest BCUT2D eigenvalue weighted by Gasteiger charge is -2.11. The normalized spacial score (nSPS) is 20.0. The van der Waals surface area contributed by atoms with Crippen molar-refractivity contribution in [2.45, 2.75) is 25.3 Å². The third-order valence-corrected chi connectivity index (χ3v) is 3.15. The maximum Gasteiger partial charge on any atom is 0.174 e. The van der Waals surface area contributed by atoms with Gasteiger partial charge in [0, 0.05) is 18.7 Å². The van der Waals surface area contributed by atoms with Crippen molar-refractivity contribution in [1.29, 1.82) is 0 Å². The van der Waals surface area contributed by atoms with Gasteiger partial charge in [0.05, 0.1) is 5.69 Å². The molecule has 1 atom stereocenters. The van der Waals surface area contributed by atoms with E-state index in [1.165, 1.54) is 12.8 Å². The second-order valence-electron chi connectivity index (χ2n) is 3.88. The highest BCUT2D eigenvalue weighted by atomic mass is 35.5. The second-order valence-corrected chi connectivity index (χ2v) is 4.63. The highest BCUT2D eigenvalue weighted by molar-refractivity contribution is 6.33. The number of aromatic nitrogens is 2. The molecule has 4 nitrogen and oxygen atoms in total. The summed E-state index contributed by atoms with van der Waals surface area (Å²) in [4.78, 5) is 0. The maximum absolute atomic E-state index is 5.88. The van der Waals surface area contributed by atoms with Crippen molar-refractivity contribution in [1.82, 2.24) is 15.5 Å². The molecule has 0 aromatic carbocycles. The molecule has 2 heterocycles. The van der Waals surface area contributed by atoms with Crippen LogP contribution in [-0.4, -0.2) is 29.3 Å². The van der Waals surface area contributed by atoms with Gasteiger partial charge in [-0.1, -0.05) is 23.2 Å². The number of nitrogens with zero attached hydrogens (tertiary/aromatic N) is 2. The zero-order valence-electron chi connectivity index (χ0n) is 8.84. The molecule has 1 aromatic heterocycles. The molecule has 0 aliphatic carbocycles. The third kappa shape index (κ3) is 3.20. The first-order valence-corrected chi connectivity index (χ1v) is 6.17. The van der Waals surface area contributed by atoms with Gasteiger partial charge in [0.2, 0.25) is 0 Å². The lowest BCUT2D eigenvalue weighted by Crippen LogP contribution is -2.24. The molecular formula is C10H14Cl2N4. The Morgan fingerprint density at radius 2 is 2.31 bits per heavy atom. The molecule has 2 rings (SSSR count). The average Bonchev–Trinajstić information content (AvgIpc) is 2.76. The maximum atomic E-state index is 5.88. The van der Waals surface area contributed by atoms with E-state index in [1.54, 1.807) is 6.07 Å². The number of hydrogen-bond donors (Lipinski definition) is 2. The van der Waals surface area contributed by atoms with E-state index in [2.05, 4.69) is 20.8 Å². The minimum absolute atomic E-state index is 0.353. The van der Waals surface area contributed by atoms with Crippen LogP contribution in [0.15, 0.2) is 6.07 Å². The quantitative estimate of drug-likeness (QED) is 0.873. The summed E-state index contributed by atoms with van der Waals surface area (Å²) in [5, 5.41) is 14.8. The number of halogens is 2. The lowest BCUT2D eigenvalue weighted by atomic mass is 10.1. The molecule has 1 aliphatic rings. The number of hydrogen-bond acceptors (Lipinski definition) is 4. The lowest BCUT2D eigenvalue weighted by molar-refractivity contribution is 0.574. The standard InChI is InChI=1S/C10H14Cl2N4/c11-9-6-8(10(12)16-15-9)14-5-3-7-2-1-4-13-7/h6-7,13H,1-5H2,(H,14,15). The fourth-order valence-electron chi connectivity index (χ4n) is 1.86. The molecule has 1 aromatic rings. The minimum atomic E-state index is 0.353. The predicted octanol–water partition coefficient (Wildman–Crippen LogP) is 2.34. The number of nitrogens with one attached hydrogen (secondary N) is 2. The van der Waals surface area contributed by atoms with Crippen LogP contribution in [-0.2, 0) is 0 Å². The van der Waals surface area contributed by atoms with Crippen LogP contribution in [0.25, 0.3) is 0 Å². The topological polar surface area (TPSA) is 49.8 Å². The molecular weight excluding hydrogens is 247 g/mol. The molecule has 1 aliphatic heterocycles. The Morgan fingerprint density at radius 1 is 1.44 bits per heavy atom. The van der Waals surface area contributed by atoms with Gasteiger partial charge in [-0.15, -0.1) is 10.2 Å². The number of anilines is 1. The minimum Gasteiger partial charge on any atom is -0.382 e. The Hall–Kier alpha value is -0.580. The first-order chi connectivity index (χ1) is 7.75. The Morgan fingerprint density at radius 3 is 3.06 bits per heavy atom. The summed E-state index contributed by atoms with van der Waals surface area (Å²) in [6.45, 7) is 1.99. The van der Waals surface area contributed by atoms with Gasteiger partial charge in [-0.2, -0.15) is 0 Å². The van der Waals surface area contributed by atoms with Crippen LogP contribution in [0.4, 0.5) is 5.69 Å². The first kappa shape index (κ1) is 11.9. The van der Waals surface area contributed by atoms with Crippen LogP contribution in [0.3, 0.4) is 0 Å². The van der Waals surface area contributed by atoms with Crippen LogP contribution in [0.1, 0.15) is 19.3 Å². The van der Waals surface area contributed by atoms with E-state index < -0.39 is 0 Å². The molecule has 0 radical (unpaired) electrons. The van der Waals surface area contributed by atoms with Gasteiger partial charge in [0.25, 0.3) is 0 Å². The molecule has 1 fully saturated rings. The molecule has 88 valence electrons. The molecule has 0 amide bonds. The molecule has 6 heteroatoms. The summed E-state index contributed by atoms with van der Waals surface area (Å²) >= 11 is 11.6. The second kappa shape index (κ2) is 5.66. The monoisotopic (exact) mass is 260 g/mol. The van der Waals surface area contributed by atoms with Gasteiger partial charge < -0.3 is 10.6 Å². The summed E-state index contributed by atoms with van der Waals surface area (Å²) in [6, 6.07) is 2.32. The van der Waals surface area contributed by atoms with Gasteiger partial charge in [0.1, 0.15) is 0 Å². The van der Waals surface area contributed by atoms with E-state index in [0.717, 1.165) is 25.2 Å². The van der Waals surface area contributed by atoms with E-state index >= 15 is 0 Å². The average molecular weight is 261 g/mol. The summed E-state index contributed by atoms with van der Waals surface area (Å²) in [5.41, 5.74) is 0.750. The van der Waals surface area contributed by atoms with E-state index in [-0.39, 0.29) is 0 Å². The zero-order chi connectivity index (χ0) is 11.4. The Labute approximate surface area is 105 Å². The zero-order valence-corrected chi connectivity index (χ0v) is 10.4. The summed E-state index contributed by atoms with van der Waals surface area (Å²) < 4.78 is 0. The molecule has 16 heavy (non-hydrogen) atoms. The largest absolute Gasteiger partial charge is 0.382 e. The smallest absolute Gasteiger partial charge is 0.174 e. The van der Waals surface area contributed by atoms with Gasteiger partial charge in [-0.3, -0.25) is 0 Å².